The molecule has 2 atom stereocenters. The number of piperidine rings is 1. The fourth-order valence-electron chi connectivity index (χ4n) is 2.96. The summed E-state index contributed by atoms with van der Waals surface area (Å²) in [6.07, 6.45) is 3.77. The molecule has 0 aromatic heterocycles. The van der Waals surface area contributed by atoms with Gasteiger partial charge in [-0.2, -0.15) is 0 Å². The lowest BCUT2D eigenvalue weighted by Crippen LogP contribution is -2.55. The van der Waals surface area contributed by atoms with Gasteiger partial charge in [-0.15, -0.1) is 0 Å². The van der Waals surface area contributed by atoms with Crippen molar-refractivity contribution in [1.82, 2.24) is 4.90 Å². The van der Waals surface area contributed by atoms with Gasteiger partial charge in [-0.25, -0.2) is 4.99 Å². The summed E-state index contributed by atoms with van der Waals surface area (Å²) in [4.78, 5) is 6.95. The first kappa shape index (κ1) is 13.7. The van der Waals surface area contributed by atoms with Gasteiger partial charge >= 0.3 is 0 Å². The number of nitrogens with two attached hydrogens (primary N) is 1. The van der Waals surface area contributed by atoms with E-state index in [-0.39, 0.29) is 5.41 Å². The topological polar surface area (TPSA) is 50.9 Å². The molecule has 0 spiro atoms. The van der Waals surface area contributed by atoms with Crippen LogP contribution in [0.4, 0.5) is 0 Å². The van der Waals surface area contributed by atoms with E-state index in [0.717, 1.165) is 31.4 Å². The Labute approximate surface area is 111 Å². The van der Waals surface area contributed by atoms with Crippen LogP contribution < -0.4 is 5.73 Å². The van der Waals surface area contributed by atoms with E-state index in [1.165, 1.54) is 12.8 Å². The summed E-state index contributed by atoms with van der Waals surface area (Å²) in [6.45, 7) is 8.84. The largest absolute Gasteiger partial charge is 0.381 e. The van der Waals surface area contributed by atoms with Gasteiger partial charge in [0.15, 0.2) is 5.96 Å². The van der Waals surface area contributed by atoms with Crippen molar-refractivity contribution in [3.8, 4) is 0 Å². The fraction of sp³-hybridized carbons (Fsp3) is 0.929. The highest BCUT2D eigenvalue weighted by molar-refractivity contribution is 5.78. The van der Waals surface area contributed by atoms with Crippen LogP contribution in [-0.4, -0.2) is 43.2 Å². The van der Waals surface area contributed by atoms with Crippen LogP contribution in [-0.2, 0) is 4.74 Å². The Hall–Kier alpha value is -0.770. The Morgan fingerprint density at radius 3 is 2.44 bits per heavy atom. The molecule has 4 nitrogen and oxygen atoms in total. The minimum atomic E-state index is 0.114. The molecule has 0 amide bonds. The van der Waals surface area contributed by atoms with E-state index in [1.807, 2.05) is 0 Å². The van der Waals surface area contributed by atoms with Crippen molar-refractivity contribution in [1.29, 1.82) is 0 Å². The van der Waals surface area contributed by atoms with Gasteiger partial charge in [0.1, 0.15) is 0 Å². The summed E-state index contributed by atoms with van der Waals surface area (Å²) in [6, 6.07) is 0.307. The molecule has 1 aliphatic carbocycles. The zero-order valence-corrected chi connectivity index (χ0v) is 12.1. The van der Waals surface area contributed by atoms with Gasteiger partial charge in [-0.05, 0) is 25.2 Å². The first-order valence-electron chi connectivity index (χ1n) is 7.06. The molecule has 1 saturated heterocycles. The van der Waals surface area contributed by atoms with Crippen molar-refractivity contribution in [3.05, 3.63) is 0 Å². The number of rotatable bonds is 2. The number of methoxy groups -OCH3 is 1. The third-order valence-corrected chi connectivity index (χ3v) is 4.81. The standard InChI is InChI=1S/C14H27N3O/c1-10-5-7-17(8-6-10)13(15)16-11-9-12(18-4)14(11,2)3/h10-12H,5-9H2,1-4H3,(H2,15,16). The third-order valence-electron chi connectivity index (χ3n) is 4.81. The molecular weight excluding hydrogens is 226 g/mol. The number of nitrogens with zero attached hydrogens (tertiary/aromatic N) is 2. The van der Waals surface area contributed by atoms with Crippen molar-refractivity contribution < 1.29 is 4.74 Å². The van der Waals surface area contributed by atoms with Crippen LogP contribution in [0.25, 0.3) is 0 Å². The zero-order chi connectivity index (χ0) is 13.3. The summed E-state index contributed by atoms with van der Waals surface area (Å²) in [7, 11) is 1.78. The predicted molar refractivity (Wildman–Crippen MR) is 74.6 cm³/mol. The highest BCUT2D eigenvalue weighted by atomic mass is 16.5. The molecule has 1 saturated carbocycles. The van der Waals surface area contributed by atoms with Crippen molar-refractivity contribution in [2.75, 3.05) is 20.2 Å². The molecule has 0 radical (unpaired) electrons. The SMILES string of the molecule is COC1CC(N=C(N)N2CCC(C)CC2)C1(C)C. The van der Waals surface area contributed by atoms with Crippen LogP contribution in [0, 0.1) is 11.3 Å². The predicted octanol–water partition coefficient (Wildman–Crippen LogP) is 1.85. The Morgan fingerprint density at radius 1 is 1.33 bits per heavy atom. The molecule has 2 rings (SSSR count). The number of aliphatic imine (C=N–C) groups is 1. The molecule has 18 heavy (non-hydrogen) atoms. The minimum Gasteiger partial charge on any atom is -0.381 e. The van der Waals surface area contributed by atoms with Crippen molar-refractivity contribution in [2.45, 2.75) is 52.2 Å². The van der Waals surface area contributed by atoms with E-state index in [2.05, 4.69) is 25.7 Å². The minimum absolute atomic E-state index is 0.114. The number of guanidine groups is 1. The molecular formula is C14H27N3O. The lowest BCUT2D eigenvalue weighted by Gasteiger charge is -2.49. The molecule has 1 heterocycles. The van der Waals surface area contributed by atoms with E-state index in [0.29, 0.717) is 12.1 Å². The highest BCUT2D eigenvalue weighted by Gasteiger charge is 2.49. The molecule has 0 aromatic carbocycles. The van der Waals surface area contributed by atoms with Gasteiger partial charge in [0, 0.05) is 25.6 Å². The summed E-state index contributed by atoms with van der Waals surface area (Å²) in [5.41, 5.74) is 6.26. The normalized spacial score (nSPS) is 33.3. The molecule has 1 aliphatic heterocycles. The highest BCUT2D eigenvalue weighted by Crippen LogP contribution is 2.44. The Balaban J connectivity index is 1.93. The summed E-state index contributed by atoms with van der Waals surface area (Å²) < 4.78 is 5.45. The number of ether oxygens (including phenoxy) is 1. The second-order valence-corrected chi connectivity index (χ2v) is 6.45. The molecule has 2 unspecified atom stereocenters. The van der Waals surface area contributed by atoms with Crippen molar-refractivity contribution in [3.63, 3.8) is 0 Å². The Kier molecular flexibility index (Phi) is 3.85. The quantitative estimate of drug-likeness (QED) is 0.603. The maximum Gasteiger partial charge on any atom is 0.191 e. The smallest absolute Gasteiger partial charge is 0.191 e. The van der Waals surface area contributed by atoms with Crippen LogP contribution >= 0.6 is 0 Å². The van der Waals surface area contributed by atoms with Crippen molar-refractivity contribution >= 4 is 5.96 Å². The monoisotopic (exact) mass is 253 g/mol. The van der Waals surface area contributed by atoms with Crippen LogP contribution in [0.3, 0.4) is 0 Å². The third kappa shape index (κ3) is 2.48. The zero-order valence-electron chi connectivity index (χ0n) is 12.1. The van der Waals surface area contributed by atoms with Gasteiger partial charge in [0.05, 0.1) is 12.1 Å². The second-order valence-electron chi connectivity index (χ2n) is 6.45. The maximum atomic E-state index is 6.15. The van der Waals surface area contributed by atoms with Crippen molar-refractivity contribution in [2.24, 2.45) is 22.1 Å². The molecule has 0 bridgehead atoms. The van der Waals surface area contributed by atoms with Crippen LogP contribution in [0.5, 0.6) is 0 Å². The van der Waals surface area contributed by atoms with E-state index < -0.39 is 0 Å². The number of hydrogen-bond acceptors (Lipinski definition) is 2. The molecule has 2 fully saturated rings. The van der Waals surface area contributed by atoms with E-state index in [4.69, 9.17) is 15.5 Å². The van der Waals surface area contributed by atoms with Gasteiger partial charge in [0.2, 0.25) is 0 Å². The lowest BCUT2D eigenvalue weighted by molar-refractivity contribution is -0.0853. The lowest BCUT2D eigenvalue weighted by atomic mass is 9.65. The second kappa shape index (κ2) is 5.08. The molecule has 0 aromatic rings. The van der Waals surface area contributed by atoms with Gasteiger partial charge < -0.3 is 15.4 Å². The van der Waals surface area contributed by atoms with Gasteiger partial charge in [-0.3, -0.25) is 0 Å². The molecule has 4 heteroatoms. The van der Waals surface area contributed by atoms with Crippen LogP contribution in [0.2, 0.25) is 0 Å². The molecule has 2 N–H and O–H groups in total. The van der Waals surface area contributed by atoms with E-state index >= 15 is 0 Å². The average Bonchev–Trinajstić information content (AvgIpc) is 2.34. The van der Waals surface area contributed by atoms with E-state index in [9.17, 15) is 0 Å². The van der Waals surface area contributed by atoms with Gasteiger partial charge in [-0.1, -0.05) is 20.8 Å². The maximum absolute atomic E-state index is 6.15. The molecule has 2 aliphatic rings. The number of hydrogen-bond donors (Lipinski definition) is 1. The Morgan fingerprint density at radius 2 is 1.94 bits per heavy atom. The summed E-state index contributed by atoms with van der Waals surface area (Å²) in [5.74, 6) is 1.56. The van der Waals surface area contributed by atoms with Crippen LogP contribution in [0.15, 0.2) is 4.99 Å². The first-order valence-corrected chi connectivity index (χ1v) is 7.06. The summed E-state index contributed by atoms with van der Waals surface area (Å²) >= 11 is 0. The number of likely N-dealkylation sites (tertiary alicyclic amines) is 1. The Bertz CT molecular complexity index is 319. The van der Waals surface area contributed by atoms with E-state index in [1.54, 1.807) is 7.11 Å². The average molecular weight is 253 g/mol. The van der Waals surface area contributed by atoms with Crippen LogP contribution in [0.1, 0.15) is 40.0 Å². The fourth-order valence-corrected chi connectivity index (χ4v) is 2.96. The first-order chi connectivity index (χ1) is 8.45. The van der Waals surface area contributed by atoms with Gasteiger partial charge in [0.25, 0.3) is 0 Å². The summed E-state index contributed by atoms with van der Waals surface area (Å²) in [5, 5.41) is 0. The molecule has 104 valence electrons.